The van der Waals surface area contributed by atoms with Crippen molar-refractivity contribution in [1.82, 2.24) is 0 Å². The monoisotopic (exact) mass is 891 g/mol. The van der Waals surface area contributed by atoms with Crippen molar-refractivity contribution < 1.29 is 42.1 Å². The number of likely N-dealkylation sites (N-methyl/N-ethyl adjacent to an activating group) is 1. The first-order valence-electron chi connectivity index (χ1n) is 24.7. The lowest BCUT2D eigenvalue weighted by Gasteiger charge is -2.24. The molecule has 0 spiro atoms. The van der Waals surface area contributed by atoms with Gasteiger partial charge >= 0.3 is 19.8 Å². The van der Waals surface area contributed by atoms with E-state index in [9.17, 15) is 19.0 Å². The summed E-state index contributed by atoms with van der Waals surface area (Å²) >= 11 is 0. The number of hydrogen-bond donors (Lipinski definition) is 1. The van der Waals surface area contributed by atoms with Gasteiger partial charge in [0.05, 0.1) is 27.7 Å². The highest BCUT2D eigenvalue weighted by molar-refractivity contribution is 7.47. The van der Waals surface area contributed by atoms with E-state index in [0.717, 1.165) is 57.8 Å². The van der Waals surface area contributed by atoms with Crippen LogP contribution >= 0.6 is 7.82 Å². The Balaban J connectivity index is 4.39. The zero-order valence-electron chi connectivity index (χ0n) is 40.3. The van der Waals surface area contributed by atoms with Crippen molar-refractivity contribution in [2.45, 2.75) is 200 Å². The molecule has 1 N–H and O–H groups in total. The topological polar surface area (TPSA) is 108 Å². The fourth-order valence-corrected chi connectivity index (χ4v) is 7.19. The second-order valence-corrected chi connectivity index (χ2v) is 18.9. The van der Waals surface area contributed by atoms with Crippen LogP contribution in [-0.4, -0.2) is 74.9 Å². The molecule has 0 fully saturated rings. The maximum atomic E-state index is 12.7. The van der Waals surface area contributed by atoms with E-state index in [1.54, 1.807) is 0 Å². The molecule has 0 aromatic rings. The van der Waals surface area contributed by atoms with E-state index < -0.39 is 32.5 Å². The summed E-state index contributed by atoms with van der Waals surface area (Å²) < 4.78 is 34.3. The fourth-order valence-electron chi connectivity index (χ4n) is 6.45. The standard InChI is InChI=1S/C52H92NO8P/c1-6-8-10-12-14-16-18-20-22-24-26-28-30-32-34-36-38-40-42-44-51(54)58-48-50(49-60-62(56,57)59-47-46-53(3,4)5)61-52(55)45-43-41-39-37-35-33-31-29-27-25-23-21-19-17-15-13-11-9-7-2/h8,10,14,16,20,22,26,28,32,34,38,40,50H,6-7,9,11-13,15,17-19,21,23-25,27,29-31,33,35-37,39,41-49H2,1-5H3/p+1/b10-8-,16-14-,22-20-,28-26-,34-32-,40-38-/t50-/m1/s1. The smallest absolute Gasteiger partial charge is 0.462 e. The zero-order valence-corrected chi connectivity index (χ0v) is 41.2. The molecule has 62 heavy (non-hydrogen) atoms. The third-order valence-corrected chi connectivity index (χ3v) is 11.2. The fraction of sp³-hybridized carbons (Fsp3) is 0.731. The Hall–Kier alpha value is -2.55. The van der Waals surface area contributed by atoms with Crippen LogP contribution in [0.4, 0.5) is 0 Å². The second-order valence-electron chi connectivity index (χ2n) is 17.5. The summed E-state index contributed by atoms with van der Waals surface area (Å²) in [6.07, 6.45) is 55.4. The minimum atomic E-state index is -4.40. The molecule has 0 rings (SSSR count). The molecule has 0 aliphatic carbocycles. The van der Waals surface area contributed by atoms with Crippen molar-refractivity contribution in [3.63, 3.8) is 0 Å². The number of phosphoric ester groups is 1. The quantitative estimate of drug-likeness (QED) is 0.0212. The predicted octanol–water partition coefficient (Wildman–Crippen LogP) is 14.6. The number of nitrogens with zero attached hydrogens (tertiary/aromatic N) is 1. The van der Waals surface area contributed by atoms with Crippen LogP contribution in [0.3, 0.4) is 0 Å². The summed E-state index contributed by atoms with van der Waals surface area (Å²) in [6, 6.07) is 0. The number of quaternary nitrogens is 1. The van der Waals surface area contributed by atoms with Gasteiger partial charge in [0, 0.05) is 12.8 Å². The van der Waals surface area contributed by atoms with Crippen molar-refractivity contribution >= 4 is 19.8 Å². The maximum absolute atomic E-state index is 12.7. The van der Waals surface area contributed by atoms with Gasteiger partial charge in [-0.2, -0.15) is 0 Å². The molecular weight excluding hydrogens is 798 g/mol. The highest BCUT2D eigenvalue weighted by Crippen LogP contribution is 2.43. The van der Waals surface area contributed by atoms with Crippen LogP contribution in [0.1, 0.15) is 194 Å². The van der Waals surface area contributed by atoms with Gasteiger partial charge in [0.15, 0.2) is 6.10 Å². The van der Waals surface area contributed by atoms with Crippen molar-refractivity contribution in [1.29, 1.82) is 0 Å². The van der Waals surface area contributed by atoms with E-state index in [1.165, 1.54) is 96.3 Å². The molecule has 0 saturated carbocycles. The van der Waals surface area contributed by atoms with Crippen LogP contribution in [0.5, 0.6) is 0 Å². The van der Waals surface area contributed by atoms with Crippen molar-refractivity contribution in [2.24, 2.45) is 0 Å². The molecule has 0 saturated heterocycles. The number of rotatable bonds is 44. The summed E-state index contributed by atoms with van der Waals surface area (Å²) in [5, 5.41) is 0. The van der Waals surface area contributed by atoms with Crippen LogP contribution in [0.15, 0.2) is 72.9 Å². The third kappa shape index (κ3) is 46.9. The highest BCUT2D eigenvalue weighted by Gasteiger charge is 2.27. The first-order valence-corrected chi connectivity index (χ1v) is 26.2. The number of allylic oxidation sites excluding steroid dienone is 12. The van der Waals surface area contributed by atoms with E-state index in [1.807, 2.05) is 33.3 Å². The first-order chi connectivity index (χ1) is 30.0. The molecular formula is C52H93NO8P+. The third-order valence-electron chi connectivity index (χ3n) is 10.3. The Morgan fingerprint density at radius 1 is 0.516 bits per heavy atom. The van der Waals surface area contributed by atoms with Crippen molar-refractivity contribution in [2.75, 3.05) is 47.5 Å². The van der Waals surface area contributed by atoms with Crippen LogP contribution in [0.25, 0.3) is 0 Å². The van der Waals surface area contributed by atoms with Crippen molar-refractivity contribution in [3.8, 4) is 0 Å². The minimum Gasteiger partial charge on any atom is -0.462 e. The molecule has 0 aliphatic rings. The Morgan fingerprint density at radius 2 is 0.919 bits per heavy atom. The van der Waals surface area contributed by atoms with Crippen LogP contribution < -0.4 is 0 Å². The van der Waals surface area contributed by atoms with Crippen LogP contribution in [0.2, 0.25) is 0 Å². The van der Waals surface area contributed by atoms with Gasteiger partial charge in [-0.05, 0) is 51.4 Å². The second kappa shape index (κ2) is 43.7. The van der Waals surface area contributed by atoms with Gasteiger partial charge in [-0.1, -0.05) is 202 Å². The van der Waals surface area contributed by atoms with Crippen LogP contribution in [-0.2, 0) is 32.7 Å². The summed E-state index contributed by atoms with van der Waals surface area (Å²) in [6.45, 7) is 4.24. The summed E-state index contributed by atoms with van der Waals surface area (Å²) in [7, 11) is 1.43. The largest absolute Gasteiger partial charge is 0.472 e. The van der Waals surface area contributed by atoms with Gasteiger partial charge in [-0.25, -0.2) is 4.57 Å². The average Bonchev–Trinajstić information content (AvgIpc) is 3.23. The average molecular weight is 891 g/mol. The highest BCUT2D eigenvalue weighted by atomic mass is 31.2. The number of carbonyl (C=O) groups excluding carboxylic acids is 2. The molecule has 0 aromatic carbocycles. The van der Waals surface area contributed by atoms with Crippen molar-refractivity contribution in [3.05, 3.63) is 72.9 Å². The van der Waals surface area contributed by atoms with Crippen LogP contribution in [0, 0.1) is 0 Å². The zero-order chi connectivity index (χ0) is 45.7. The van der Waals surface area contributed by atoms with E-state index >= 15 is 0 Å². The molecule has 0 amide bonds. The molecule has 0 radical (unpaired) electrons. The number of carbonyl (C=O) groups is 2. The van der Waals surface area contributed by atoms with Gasteiger partial charge in [0.2, 0.25) is 0 Å². The summed E-state index contributed by atoms with van der Waals surface area (Å²) in [5.41, 5.74) is 0. The van der Waals surface area contributed by atoms with Gasteiger partial charge in [0.1, 0.15) is 19.8 Å². The van der Waals surface area contributed by atoms with Gasteiger partial charge in [-0.3, -0.25) is 18.6 Å². The first kappa shape index (κ1) is 59.5. The number of unbranched alkanes of at least 4 members (excludes halogenated alkanes) is 18. The summed E-state index contributed by atoms with van der Waals surface area (Å²) in [4.78, 5) is 35.5. The normalized spacial score (nSPS) is 14.1. The lowest BCUT2D eigenvalue weighted by Crippen LogP contribution is -2.37. The van der Waals surface area contributed by atoms with E-state index in [-0.39, 0.29) is 26.1 Å². The number of hydrogen-bond acceptors (Lipinski definition) is 7. The Morgan fingerprint density at radius 3 is 1.34 bits per heavy atom. The molecule has 358 valence electrons. The number of phosphoric acid groups is 1. The molecule has 2 atom stereocenters. The molecule has 0 aromatic heterocycles. The predicted molar refractivity (Wildman–Crippen MR) is 261 cm³/mol. The van der Waals surface area contributed by atoms with E-state index in [4.69, 9.17) is 18.5 Å². The Kier molecular flexibility index (Phi) is 41.9. The molecule has 0 heterocycles. The molecule has 10 heteroatoms. The molecule has 0 aliphatic heterocycles. The SMILES string of the molecule is CC/C=C\C/C=C\C/C=C\C/C=C\C/C=C\C/C=C\CCC(=O)OC[C@H](COP(=O)(O)OCC[N+](C)(C)C)OC(=O)CCCCCCCCCCCCCCCCCCCCC. The molecule has 9 nitrogen and oxygen atoms in total. The van der Waals surface area contributed by atoms with Gasteiger partial charge in [0.25, 0.3) is 0 Å². The Labute approximate surface area is 380 Å². The lowest BCUT2D eigenvalue weighted by atomic mass is 10.0. The van der Waals surface area contributed by atoms with Gasteiger partial charge in [-0.15, -0.1) is 0 Å². The molecule has 0 bridgehead atoms. The maximum Gasteiger partial charge on any atom is 0.472 e. The minimum absolute atomic E-state index is 0.0186. The van der Waals surface area contributed by atoms with E-state index in [0.29, 0.717) is 23.9 Å². The van der Waals surface area contributed by atoms with Gasteiger partial charge < -0.3 is 18.9 Å². The van der Waals surface area contributed by atoms with E-state index in [2.05, 4.69) is 74.6 Å². The molecule has 1 unspecified atom stereocenters. The number of ether oxygens (including phenoxy) is 2. The Bertz CT molecular complexity index is 1280. The lowest BCUT2D eigenvalue weighted by molar-refractivity contribution is -0.870. The summed E-state index contributed by atoms with van der Waals surface area (Å²) in [5.74, 6) is -0.894. The number of esters is 2.